The SMILES string of the molecule is CC1CCC(C2NNC3OC(O)CC(C)C32)CC1. The van der Waals surface area contributed by atoms with Crippen molar-refractivity contribution in [2.24, 2.45) is 23.7 Å². The van der Waals surface area contributed by atoms with E-state index in [-0.39, 0.29) is 6.23 Å². The van der Waals surface area contributed by atoms with E-state index in [1.807, 2.05) is 0 Å². The van der Waals surface area contributed by atoms with Gasteiger partial charge in [-0.15, -0.1) is 0 Å². The van der Waals surface area contributed by atoms with Crippen LogP contribution in [0.1, 0.15) is 46.0 Å². The molecule has 1 saturated carbocycles. The zero-order valence-corrected chi connectivity index (χ0v) is 11.4. The number of ether oxygens (including phenoxy) is 1. The second kappa shape index (κ2) is 5.08. The summed E-state index contributed by atoms with van der Waals surface area (Å²) in [5.41, 5.74) is 6.69. The summed E-state index contributed by atoms with van der Waals surface area (Å²) in [6.07, 6.45) is 5.55. The topological polar surface area (TPSA) is 53.5 Å². The van der Waals surface area contributed by atoms with Crippen LogP contribution >= 0.6 is 0 Å². The first-order chi connectivity index (χ1) is 8.65. The van der Waals surface area contributed by atoms with Crippen molar-refractivity contribution in [3.63, 3.8) is 0 Å². The third kappa shape index (κ3) is 2.31. The van der Waals surface area contributed by atoms with Gasteiger partial charge in [0.1, 0.15) is 6.23 Å². The van der Waals surface area contributed by atoms with Crippen LogP contribution in [-0.2, 0) is 4.74 Å². The van der Waals surface area contributed by atoms with Crippen molar-refractivity contribution in [2.45, 2.75) is 64.5 Å². The number of aliphatic hydroxyl groups is 1. The highest BCUT2D eigenvalue weighted by Crippen LogP contribution is 2.40. The Balaban J connectivity index is 1.67. The van der Waals surface area contributed by atoms with E-state index in [0.29, 0.717) is 17.9 Å². The van der Waals surface area contributed by atoms with Crippen LogP contribution in [0, 0.1) is 23.7 Å². The Morgan fingerprint density at radius 2 is 1.78 bits per heavy atom. The zero-order valence-electron chi connectivity index (χ0n) is 11.4. The van der Waals surface area contributed by atoms with Gasteiger partial charge in [-0.25, -0.2) is 5.43 Å². The lowest BCUT2D eigenvalue weighted by Gasteiger charge is -2.39. The zero-order chi connectivity index (χ0) is 12.7. The van der Waals surface area contributed by atoms with Crippen LogP contribution in [0.5, 0.6) is 0 Å². The average Bonchev–Trinajstić information content (AvgIpc) is 2.74. The molecule has 3 rings (SSSR count). The first kappa shape index (κ1) is 12.9. The molecule has 3 aliphatic rings. The van der Waals surface area contributed by atoms with Gasteiger partial charge in [-0.2, -0.15) is 0 Å². The van der Waals surface area contributed by atoms with E-state index in [4.69, 9.17) is 4.74 Å². The summed E-state index contributed by atoms with van der Waals surface area (Å²) in [6.45, 7) is 4.61. The second-order valence-electron chi connectivity index (χ2n) is 6.64. The van der Waals surface area contributed by atoms with E-state index in [1.165, 1.54) is 25.7 Å². The largest absolute Gasteiger partial charge is 0.368 e. The molecule has 0 aromatic heterocycles. The van der Waals surface area contributed by atoms with Gasteiger partial charge in [0, 0.05) is 18.4 Å². The van der Waals surface area contributed by atoms with Crippen LogP contribution < -0.4 is 10.9 Å². The first-order valence-electron chi connectivity index (χ1n) is 7.49. The van der Waals surface area contributed by atoms with Crippen molar-refractivity contribution in [3.8, 4) is 0 Å². The van der Waals surface area contributed by atoms with Crippen LogP contribution in [0.15, 0.2) is 0 Å². The fourth-order valence-electron chi connectivity index (χ4n) is 4.11. The van der Waals surface area contributed by atoms with Gasteiger partial charge in [0.05, 0.1) is 0 Å². The molecule has 0 aromatic carbocycles. The van der Waals surface area contributed by atoms with Gasteiger partial charge < -0.3 is 9.84 Å². The van der Waals surface area contributed by atoms with Crippen LogP contribution in [0.4, 0.5) is 0 Å². The van der Waals surface area contributed by atoms with Gasteiger partial charge in [0.2, 0.25) is 0 Å². The maximum absolute atomic E-state index is 9.67. The van der Waals surface area contributed by atoms with Crippen molar-refractivity contribution in [1.82, 2.24) is 10.9 Å². The summed E-state index contributed by atoms with van der Waals surface area (Å²) in [4.78, 5) is 0. The molecule has 5 atom stereocenters. The molecule has 0 bridgehead atoms. The summed E-state index contributed by atoms with van der Waals surface area (Å²) in [7, 11) is 0. The molecule has 5 unspecified atom stereocenters. The molecule has 3 fully saturated rings. The molecule has 104 valence electrons. The van der Waals surface area contributed by atoms with E-state index >= 15 is 0 Å². The average molecular weight is 254 g/mol. The molecule has 0 radical (unpaired) electrons. The Kier molecular flexibility index (Phi) is 3.63. The molecular formula is C14H26N2O2. The summed E-state index contributed by atoms with van der Waals surface area (Å²) < 4.78 is 5.60. The maximum Gasteiger partial charge on any atom is 0.156 e. The molecule has 2 saturated heterocycles. The number of rotatable bonds is 1. The molecular weight excluding hydrogens is 228 g/mol. The maximum atomic E-state index is 9.67. The Bertz CT molecular complexity index is 292. The number of nitrogens with one attached hydrogen (secondary N) is 2. The van der Waals surface area contributed by atoms with Crippen LogP contribution in [0.2, 0.25) is 0 Å². The predicted octanol–water partition coefficient (Wildman–Crippen LogP) is 1.61. The molecule has 0 aromatic rings. The minimum Gasteiger partial charge on any atom is -0.368 e. The molecule has 4 heteroatoms. The Morgan fingerprint density at radius 1 is 1.06 bits per heavy atom. The van der Waals surface area contributed by atoms with E-state index < -0.39 is 6.29 Å². The van der Waals surface area contributed by atoms with Crippen molar-refractivity contribution in [2.75, 3.05) is 0 Å². The van der Waals surface area contributed by atoms with Gasteiger partial charge in [0.15, 0.2) is 6.29 Å². The molecule has 1 aliphatic carbocycles. The van der Waals surface area contributed by atoms with Gasteiger partial charge in [0.25, 0.3) is 0 Å². The standard InChI is InChI=1S/C14H26N2O2/c1-8-3-5-10(6-4-8)13-12-9(2)7-11(17)18-14(12)16-15-13/h8-17H,3-7H2,1-2H3. The summed E-state index contributed by atoms with van der Waals surface area (Å²) in [6, 6.07) is 0.519. The molecule has 18 heavy (non-hydrogen) atoms. The molecule has 0 amide bonds. The fraction of sp³-hybridized carbons (Fsp3) is 1.00. The quantitative estimate of drug-likeness (QED) is 0.665. The summed E-state index contributed by atoms with van der Waals surface area (Å²) in [5, 5.41) is 9.67. The predicted molar refractivity (Wildman–Crippen MR) is 69.3 cm³/mol. The van der Waals surface area contributed by atoms with Crippen molar-refractivity contribution >= 4 is 0 Å². The fourth-order valence-corrected chi connectivity index (χ4v) is 4.11. The van der Waals surface area contributed by atoms with Crippen LogP contribution in [0.25, 0.3) is 0 Å². The van der Waals surface area contributed by atoms with Crippen molar-refractivity contribution in [1.29, 1.82) is 0 Å². The monoisotopic (exact) mass is 254 g/mol. The molecule has 2 heterocycles. The molecule has 3 N–H and O–H groups in total. The van der Waals surface area contributed by atoms with Crippen LogP contribution in [-0.4, -0.2) is 23.7 Å². The smallest absolute Gasteiger partial charge is 0.156 e. The second-order valence-corrected chi connectivity index (χ2v) is 6.64. The number of hydrogen-bond acceptors (Lipinski definition) is 4. The lowest BCUT2D eigenvalue weighted by molar-refractivity contribution is -0.198. The highest BCUT2D eigenvalue weighted by atomic mass is 16.6. The first-order valence-corrected chi connectivity index (χ1v) is 7.49. The van der Waals surface area contributed by atoms with Crippen molar-refractivity contribution < 1.29 is 9.84 Å². The van der Waals surface area contributed by atoms with Gasteiger partial charge in [-0.05, 0) is 30.6 Å². The summed E-state index contributed by atoms with van der Waals surface area (Å²) >= 11 is 0. The van der Waals surface area contributed by atoms with E-state index in [0.717, 1.165) is 18.3 Å². The van der Waals surface area contributed by atoms with E-state index in [2.05, 4.69) is 24.7 Å². The van der Waals surface area contributed by atoms with E-state index in [9.17, 15) is 5.11 Å². The number of hydrogen-bond donors (Lipinski definition) is 3. The number of hydrazine groups is 1. The van der Waals surface area contributed by atoms with Gasteiger partial charge in [-0.1, -0.05) is 26.7 Å². The third-order valence-corrected chi connectivity index (χ3v) is 5.26. The van der Waals surface area contributed by atoms with Gasteiger partial charge >= 0.3 is 0 Å². The highest BCUT2D eigenvalue weighted by molar-refractivity contribution is 4.96. The molecule has 2 aliphatic heterocycles. The normalized spacial score (nSPS) is 53.2. The lowest BCUT2D eigenvalue weighted by Crippen LogP contribution is -2.45. The lowest BCUT2D eigenvalue weighted by atomic mass is 9.72. The van der Waals surface area contributed by atoms with Crippen molar-refractivity contribution in [3.05, 3.63) is 0 Å². The van der Waals surface area contributed by atoms with Crippen LogP contribution in [0.3, 0.4) is 0 Å². The van der Waals surface area contributed by atoms with Gasteiger partial charge in [-0.3, -0.25) is 5.43 Å². The molecule has 4 nitrogen and oxygen atoms in total. The Morgan fingerprint density at radius 3 is 2.50 bits per heavy atom. The number of fused-ring (bicyclic) bond motifs is 1. The Labute approximate surface area is 109 Å². The minimum absolute atomic E-state index is 0.00639. The Hall–Kier alpha value is -0.160. The number of aliphatic hydroxyl groups excluding tert-OH is 1. The van der Waals surface area contributed by atoms with E-state index in [1.54, 1.807) is 0 Å². The highest BCUT2D eigenvalue weighted by Gasteiger charge is 2.47. The molecule has 0 spiro atoms. The third-order valence-electron chi connectivity index (χ3n) is 5.26. The minimum atomic E-state index is -0.597. The summed E-state index contributed by atoms with van der Waals surface area (Å²) in [5.74, 6) is 2.69.